The number of hydrogen-bond donors (Lipinski definition) is 1. The molecule has 2 rings (SSSR count). The normalized spacial score (nSPS) is 10.5. The Morgan fingerprint density at radius 3 is 2.71 bits per heavy atom. The molecule has 1 N–H and O–H groups in total. The van der Waals surface area contributed by atoms with E-state index in [-0.39, 0.29) is 4.87 Å². The van der Waals surface area contributed by atoms with Gasteiger partial charge in [0.25, 0.3) is 0 Å². The van der Waals surface area contributed by atoms with Crippen LogP contribution in [0.25, 0.3) is 11.3 Å². The molecule has 0 spiro atoms. The summed E-state index contributed by atoms with van der Waals surface area (Å²) in [5, 5.41) is 0. The largest absolute Gasteiger partial charge is 0.493 e. The third-order valence-electron chi connectivity index (χ3n) is 2.53. The zero-order valence-electron chi connectivity index (χ0n) is 10.2. The van der Waals surface area contributed by atoms with Gasteiger partial charge in [0.15, 0.2) is 0 Å². The minimum Gasteiger partial charge on any atom is -0.493 e. The monoisotopic (exact) mass is 249 g/mol. The highest BCUT2D eigenvalue weighted by molar-refractivity contribution is 7.09. The number of H-pyrrole nitrogens is 1. The Morgan fingerprint density at radius 1 is 1.35 bits per heavy atom. The van der Waals surface area contributed by atoms with Crippen LogP contribution in [-0.4, -0.2) is 11.6 Å². The fraction of sp³-hybridized carbons (Fsp3) is 0.308. The molecule has 0 saturated carbocycles. The Kier molecular flexibility index (Phi) is 3.33. The summed E-state index contributed by atoms with van der Waals surface area (Å²) in [6.45, 7) is 6.53. The number of aromatic nitrogens is 1. The summed E-state index contributed by atoms with van der Waals surface area (Å²) in [6, 6.07) is 5.99. The maximum atomic E-state index is 11.4. The molecule has 0 amide bonds. The van der Waals surface area contributed by atoms with Crippen LogP contribution in [0.4, 0.5) is 0 Å². The lowest BCUT2D eigenvalue weighted by Gasteiger charge is -2.10. The van der Waals surface area contributed by atoms with E-state index in [1.54, 1.807) is 0 Å². The highest BCUT2D eigenvalue weighted by Crippen LogP contribution is 2.32. The van der Waals surface area contributed by atoms with Gasteiger partial charge in [-0.2, -0.15) is 0 Å². The van der Waals surface area contributed by atoms with E-state index in [1.165, 1.54) is 11.3 Å². The first kappa shape index (κ1) is 11.9. The van der Waals surface area contributed by atoms with Crippen LogP contribution < -0.4 is 9.61 Å². The Hall–Kier alpha value is -1.55. The van der Waals surface area contributed by atoms with Crippen LogP contribution in [0.3, 0.4) is 0 Å². The van der Waals surface area contributed by atoms with Gasteiger partial charge in [0, 0.05) is 10.4 Å². The number of rotatable bonds is 3. The Morgan fingerprint density at radius 2 is 2.12 bits per heavy atom. The highest BCUT2D eigenvalue weighted by atomic mass is 32.1. The van der Waals surface area contributed by atoms with Gasteiger partial charge in [0.2, 0.25) is 0 Å². The Labute approximate surface area is 104 Å². The Bertz CT molecular complexity index is 583. The molecule has 2 aromatic rings. The van der Waals surface area contributed by atoms with E-state index in [0.717, 1.165) is 27.4 Å². The maximum Gasteiger partial charge on any atom is 0.305 e. The second-order valence-corrected chi connectivity index (χ2v) is 5.07. The molecule has 0 atom stereocenters. The van der Waals surface area contributed by atoms with Crippen molar-refractivity contribution in [1.82, 2.24) is 4.98 Å². The van der Waals surface area contributed by atoms with Crippen LogP contribution in [0.2, 0.25) is 0 Å². The summed E-state index contributed by atoms with van der Waals surface area (Å²) in [7, 11) is 0. The molecule has 0 unspecified atom stereocenters. The summed E-state index contributed by atoms with van der Waals surface area (Å²) in [6.07, 6.45) is 0. The van der Waals surface area contributed by atoms with Crippen molar-refractivity contribution < 1.29 is 4.74 Å². The molecule has 0 radical (unpaired) electrons. The first-order valence-corrected chi connectivity index (χ1v) is 6.37. The topological polar surface area (TPSA) is 42.1 Å². The van der Waals surface area contributed by atoms with Gasteiger partial charge in [-0.3, -0.25) is 4.79 Å². The number of aromatic amines is 1. The second kappa shape index (κ2) is 4.75. The molecule has 4 heteroatoms. The van der Waals surface area contributed by atoms with E-state index < -0.39 is 0 Å². The number of nitrogens with one attached hydrogen (secondary N) is 1. The quantitative estimate of drug-likeness (QED) is 0.908. The molecule has 0 aliphatic carbocycles. The molecular formula is C13H15NO2S. The van der Waals surface area contributed by atoms with Gasteiger partial charge < -0.3 is 9.72 Å². The van der Waals surface area contributed by atoms with E-state index in [4.69, 9.17) is 4.74 Å². The summed E-state index contributed by atoms with van der Waals surface area (Å²) in [5.41, 5.74) is 2.98. The van der Waals surface area contributed by atoms with Gasteiger partial charge in [-0.15, -0.1) is 0 Å². The van der Waals surface area contributed by atoms with E-state index in [2.05, 4.69) is 4.98 Å². The first-order valence-electron chi connectivity index (χ1n) is 5.55. The van der Waals surface area contributed by atoms with Crippen LogP contribution in [-0.2, 0) is 0 Å². The third-order valence-corrected chi connectivity index (χ3v) is 3.33. The third kappa shape index (κ3) is 2.42. The average molecular weight is 249 g/mol. The molecular weight excluding hydrogens is 234 g/mol. The predicted molar refractivity (Wildman–Crippen MR) is 71.0 cm³/mol. The standard InChI is InChI=1S/C13H15NO2S/c1-4-16-11-6-5-8(2)7-10(11)12-9(3)17-13(15)14-12/h5-7H,4H2,1-3H3,(H,14,15). The molecule has 1 aromatic heterocycles. The maximum absolute atomic E-state index is 11.4. The van der Waals surface area contributed by atoms with E-state index in [9.17, 15) is 4.79 Å². The van der Waals surface area contributed by atoms with Crippen LogP contribution in [0.5, 0.6) is 5.75 Å². The van der Waals surface area contributed by atoms with Crippen molar-refractivity contribution in [2.75, 3.05) is 6.61 Å². The van der Waals surface area contributed by atoms with Gasteiger partial charge in [-0.05, 0) is 32.9 Å². The zero-order valence-corrected chi connectivity index (χ0v) is 11.0. The average Bonchev–Trinajstić information content (AvgIpc) is 2.61. The minimum absolute atomic E-state index is 0.0264. The number of benzene rings is 1. The number of hydrogen-bond acceptors (Lipinski definition) is 3. The lowest BCUT2D eigenvalue weighted by atomic mass is 10.1. The predicted octanol–water partition coefficient (Wildman–Crippen LogP) is 3.12. The molecule has 0 saturated heterocycles. The van der Waals surface area contributed by atoms with E-state index >= 15 is 0 Å². The molecule has 0 aliphatic heterocycles. The second-order valence-electron chi connectivity index (χ2n) is 3.88. The van der Waals surface area contributed by atoms with Crippen LogP contribution in [0, 0.1) is 13.8 Å². The molecule has 90 valence electrons. The number of ether oxygens (including phenoxy) is 1. The zero-order chi connectivity index (χ0) is 12.4. The van der Waals surface area contributed by atoms with Gasteiger partial charge >= 0.3 is 4.87 Å². The van der Waals surface area contributed by atoms with Gasteiger partial charge in [-0.1, -0.05) is 23.0 Å². The molecule has 0 aliphatic rings. The summed E-state index contributed by atoms with van der Waals surface area (Å²) < 4.78 is 5.59. The van der Waals surface area contributed by atoms with Crippen molar-refractivity contribution in [3.63, 3.8) is 0 Å². The van der Waals surface area contributed by atoms with Crippen molar-refractivity contribution in [2.24, 2.45) is 0 Å². The van der Waals surface area contributed by atoms with Crippen molar-refractivity contribution in [2.45, 2.75) is 20.8 Å². The van der Waals surface area contributed by atoms with Gasteiger partial charge in [0.05, 0.1) is 12.3 Å². The fourth-order valence-electron chi connectivity index (χ4n) is 1.78. The molecule has 1 heterocycles. The lowest BCUT2D eigenvalue weighted by molar-refractivity contribution is 0.341. The van der Waals surface area contributed by atoms with Gasteiger partial charge in [-0.25, -0.2) is 0 Å². The van der Waals surface area contributed by atoms with Crippen molar-refractivity contribution in [3.05, 3.63) is 38.3 Å². The number of thiazole rings is 1. The van der Waals surface area contributed by atoms with Gasteiger partial charge in [0.1, 0.15) is 5.75 Å². The smallest absolute Gasteiger partial charge is 0.305 e. The van der Waals surface area contributed by atoms with Crippen LogP contribution in [0.15, 0.2) is 23.0 Å². The molecule has 0 bridgehead atoms. The molecule has 0 fully saturated rings. The molecule has 3 nitrogen and oxygen atoms in total. The lowest BCUT2D eigenvalue weighted by Crippen LogP contribution is -1.97. The summed E-state index contributed by atoms with van der Waals surface area (Å²) in [4.78, 5) is 15.2. The van der Waals surface area contributed by atoms with Crippen molar-refractivity contribution in [3.8, 4) is 17.0 Å². The first-order chi connectivity index (χ1) is 8.11. The van der Waals surface area contributed by atoms with E-state index in [0.29, 0.717) is 6.61 Å². The van der Waals surface area contributed by atoms with Crippen LogP contribution >= 0.6 is 11.3 Å². The Balaban J connectivity index is 2.60. The molecule has 17 heavy (non-hydrogen) atoms. The summed E-state index contributed by atoms with van der Waals surface area (Å²) >= 11 is 1.23. The number of aryl methyl sites for hydroxylation is 2. The van der Waals surface area contributed by atoms with E-state index in [1.807, 2.05) is 39.0 Å². The minimum atomic E-state index is -0.0264. The van der Waals surface area contributed by atoms with Crippen molar-refractivity contribution >= 4 is 11.3 Å². The SMILES string of the molecule is CCOc1ccc(C)cc1-c1[nH]c(=O)sc1C. The summed E-state index contributed by atoms with van der Waals surface area (Å²) in [5.74, 6) is 0.815. The fourth-order valence-corrected chi connectivity index (χ4v) is 2.48. The van der Waals surface area contributed by atoms with Crippen LogP contribution in [0.1, 0.15) is 17.4 Å². The van der Waals surface area contributed by atoms with Crippen molar-refractivity contribution in [1.29, 1.82) is 0 Å². The highest BCUT2D eigenvalue weighted by Gasteiger charge is 2.12. The molecule has 1 aromatic carbocycles.